The predicted octanol–water partition coefficient (Wildman–Crippen LogP) is 1.04. The number of ether oxygens (including phenoxy) is 1. The maximum absolute atomic E-state index is 5.48. The summed E-state index contributed by atoms with van der Waals surface area (Å²) in [4.78, 5) is 0. The fourth-order valence-electron chi connectivity index (χ4n) is 1.83. The molecule has 5 heteroatoms. The molecular formula is C10H17N3O2. The monoisotopic (exact) mass is 211 g/mol. The average Bonchev–Trinajstić information content (AvgIpc) is 2.61. The van der Waals surface area contributed by atoms with E-state index in [1.807, 2.05) is 6.92 Å². The summed E-state index contributed by atoms with van der Waals surface area (Å²) in [5.41, 5.74) is 1.76. The molecule has 1 fully saturated rings. The van der Waals surface area contributed by atoms with Gasteiger partial charge in [0.25, 0.3) is 0 Å². The second kappa shape index (κ2) is 4.72. The zero-order chi connectivity index (χ0) is 10.7. The third kappa shape index (κ3) is 2.76. The summed E-state index contributed by atoms with van der Waals surface area (Å²) in [5.74, 6) is 0. The Hall–Kier alpha value is -0.940. The number of hydrogen-bond donors (Lipinski definition) is 1. The van der Waals surface area contributed by atoms with Crippen LogP contribution in [0.4, 0.5) is 0 Å². The Morgan fingerprint density at radius 3 is 3.00 bits per heavy atom. The van der Waals surface area contributed by atoms with Crippen LogP contribution in [0, 0.1) is 6.92 Å². The molecule has 2 heterocycles. The molecule has 15 heavy (non-hydrogen) atoms. The van der Waals surface area contributed by atoms with E-state index in [2.05, 4.69) is 27.2 Å². The van der Waals surface area contributed by atoms with Crippen molar-refractivity contribution in [3.8, 4) is 0 Å². The van der Waals surface area contributed by atoms with E-state index in [1.54, 1.807) is 0 Å². The molecule has 1 aliphatic heterocycles. The first-order valence-electron chi connectivity index (χ1n) is 5.38. The van der Waals surface area contributed by atoms with Crippen molar-refractivity contribution in [2.24, 2.45) is 0 Å². The normalized spacial score (nSPS) is 26.8. The number of nitrogens with zero attached hydrogens (tertiary/aromatic N) is 2. The molecule has 5 nitrogen and oxygen atoms in total. The Bertz CT molecular complexity index is 313. The van der Waals surface area contributed by atoms with Crippen LogP contribution in [-0.4, -0.2) is 29.1 Å². The minimum Gasteiger partial charge on any atom is -0.378 e. The van der Waals surface area contributed by atoms with Gasteiger partial charge in [-0.25, -0.2) is 4.63 Å². The summed E-state index contributed by atoms with van der Waals surface area (Å²) in [7, 11) is 0. The Morgan fingerprint density at radius 2 is 2.33 bits per heavy atom. The summed E-state index contributed by atoms with van der Waals surface area (Å²) in [6.07, 6.45) is 2.48. The van der Waals surface area contributed by atoms with Crippen molar-refractivity contribution in [1.82, 2.24) is 15.6 Å². The first kappa shape index (κ1) is 10.6. The van der Waals surface area contributed by atoms with Crippen molar-refractivity contribution in [2.75, 3.05) is 6.61 Å². The lowest BCUT2D eigenvalue weighted by Crippen LogP contribution is -2.37. The molecule has 1 N–H and O–H groups in total. The lowest BCUT2D eigenvalue weighted by Gasteiger charge is -2.27. The van der Waals surface area contributed by atoms with E-state index in [9.17, 15) is 0 Å². The van der Waals surface area contributed by atoms with E-state index in [0.29, 0.717) is 12.1 Å². The Labute approximate surface area is 89.1 Å². The highest BCUT2D eigenvalue weighted by Crippen LogP contribution is 2.13. The van der Waals surface area contributed by atoms with Crippen molar-refractivity contribution in [3.63, 3.8) is 0 Å². The zero-order valence-corrected chi connectivity index (χ0v) is 9.19. The van der Waals surface area contributed by atoms with E-state index < -0.39 is 0 Å². The molecule has 0 saturated carbocycles. The molecule has 0 aromatic carbocycles. The minimum atomic E-state index is 0.354. The topological polar surface area (TPSA) is 60.2 Å². The average molecular weight is 211 g/mol. The molecule has 2 unspecified atom stereocenters. The van der Waals surface area contributed by atoms with Crippen LogP contribution in [0.15, 0.2) is 4.63 Å². The van der Waals surface area contributed by atoms with Gasteiger partial charge in [0, 0.05) is 19.2 Å². The van der Waals surface area contributed by atoms with E-state index in [4.69, 9.17) is 4.74 Å². The fraction of sp³-hybridized carbons (Fsp3) is 0.800. The maximum atomic E-state index is 5.48. The van der Waals surface area contributed by atoms with Crippen molar-refractivity contribution >= 4 is 0 Å². The van der Waals surface area contributed by atoms with Crippen LogP contribution in [0.5, 0.6) is 0 Å². The molecule has 1 saturated heterocycles. The van der Waals surface area contributed by atoms with Gasteiger partial charge >= 0.3 is 0 Å². The molecule has 84 valence electrons. The van der Waals surface area contributed by atoms with Crippen LogP contribution in [0.1, 0.15) is 31.2 Å². The number of nitrogens with one attached hydrogen (secondary N) is 1. The third-order valence-electron chi connectivity index (χ3n) is 2.79. The number of aromatic nitrogens is 2. The quantitative estimate of drug-likeness (QED) is 0.809. The molecule has 2 atom stereocenters. The van der Waals surface area contributed by atoms with Gasteiger partial charge in [-0.3, -0.25) is 0 Å². The maximum Gasteiger partial charge on any atom is 0.121 e. The van der Waals surface area contributed by atoms with Gasteiger partial charge in [-0.2, -0.15) is 0 Å². The second-order valence-electron chi connectivity index (χ2n) is 4.08. The van der Waals surface area contributed by atoms with Crippen LogP contribution in [0.3, 0.4) is 0 Å². The van der Waals surface area contributed by atoms with Gasteiger partial charge in [0.2, 0.25) is 0 Å². The van der Waals surface area contributed by atoms with E-state index in [-0.39, 0.29) is 0 Å². The predicted molar refractivity (Wildman–Crippen MR) is 54.3 cm³/mol. The summed E-state index contributed by atoms with van der Waals surface area (Å²) in [6, 6.07) is 0.518. The van der Waals surface area contributed by atoms with E-state index >= 15 is 0 Å². The molecule has 2 rings (SSSR count). The summed E-state index contributed by atoms with van der Waals surface area (Å²) >= 11 is 0. The first-order valence-corrected chi connectivity index (χ1v) is 5.38. The highest BCUT2D eigenvalue weighted by molar-refractivity contribution is 5.04. The highest BCUT2D eigenvalue weighted by atomic mass is 16.6. The van der Waals surface area contributed by atoms with Gasteiger partial charge in [-0.15, -0.1) is 0 Å². The lowest BCUT2D eigenvalue weighted by molar-refractivity contribution is 0.0129. The zero-order valence-electron chi connectivity index (χ0n) is 9.19. The standard InChI is InChI=1S/C10H17N3O2/c1-7-5-9(3-4-14-7)11-6-10-8(2)12-15-13-10/h7,9,11H,3-6H2,1-2H3. The molecular weight excluding hydrogens is 194 g/mol. The lowest BCUT2D eigenvalue weighted by atomic mass is 10.0. The number of hydrogen-bond acceptors (Lipinski definition) is 5. The van der Waals surface area contributed by atoms with E-state index in [1.165, 1.54) is 0 Å². The van der Waals surface area contributed by atoms with Gasteiger partial charge in [-0.1, -0.05) is 10.3 Å². The van der Waals surface area contributed by atoms with Crippen molar-refractivity contribution in [3.05, 3.63) is 11.4 Å². The minimum absolute atomic E-state index is 0.354. The van der Waals surface area contributed by atoms with Crippen molar-refractivity contribution in [1.29, 1.82) is 0 Å². The van der Waals surface area contributed by atoms with Crippen LogP contribution in [0.2, 0.25) is 0 Å². The number of aryl methyl sites for hydroxylation is 1. The number of rotatable bonds is 3. The molecule has 1 aromatic heterocycles. The fourth-order valence-corrected chi connectivity index (χ4v) is 1.83. The third-order valence-corrected chi connectivity index (χ3v) is 2.79. The van der Waals surface area contributed by atoms with Crippen LogP contribution in [-0.2, 0) is 11.3 Å². The molecule has 0 bridgehead atoms. The largest absolute Gasteiger partial charge is 0.378 e. The first-order chi connectivity index (χ1) is 7.25. The highest BCUT2D eigenvalue weighted by Gasteiger charge is 2.19. The second-order valence-corrected chi connectivity index (χ2v) is 4.08. The Morgan fingerprint density at radius 1 is 1.47 bits per heavy atom. The van der Waals surface area contributed by atoms with Gasteiger partial charge in [-0.05, 0) is 26.7 Å². The molecule has 0 amide bonds. The molecule has 0 aliphatic carbocycles. The summed E-state index contributed by atoms with van der Waals surface area (Å²) in [6.45, 7) is 5.58. The molecule has 0 spiro atoms. The molecule has 1 aromatic rings. The van der Waals surface area contributed by atoms with Gasteiger partial charge in [0.05, 0.1) is 6.10 Å². The summed E-state index contributed by atoms with van der Waals surface area (Å²) in [5, 5.41) is 11.0. The Kier molecular flexibility index (Phi) is 3.33. The molecule has 1 aliphatic rings. The van der Waals surface area contributed by atoms with Crippen LogP contribution in [0.25, 0.3) is 0 Å². The summed E-state index contributed by atoms with van der Waals surface area (Å²) < 4.78 is 10.1. The Balaban J connectivity index is 1.80. The smallest absolute Gasteiger partial charge is 0.121 e. The van der Waals surface area contributed by atoms with Crippen molar-refractivity contribution in [2.45, 2.75) is 45.4 Å². The van der Waals surface area contributed by atoms with Crippen LogP contribution < -0.4 is 5.32 Å². The molecule has 0 radical (unpaired) electrons. The van der Waals surface area contributed by atoms with Gasteiger partial charge < -0.3 is 10.1 Å². The van der Waals surface area contributed by atoms with Crippen LogP contribution >= 0.6 is 0 Å². The van der Waals surface area contributed by atoms with Gasteiger partial charge in [0.1, 0.15) is 11.4 Å². The van der Waals surface area contributed by atoms with Gasteiger partial charge in [0.15, 0.2) is 0 Å². The van der Waals surface area contributed by atoms with Crippen molar-refractivity contribution < 1.29 is 9.37 Å². The van der Waals surface area contributed by atoms with E-state index in [0.717, 1.165) is 37.4 Å². The SMILES string of the molecule is Cc1nonc1CNC1CCOC(C)C1.